The Morgan fingerprint density at radius 1 is 1.10 bits per heavy atom. The van der Waals surface area contributed by atoms with E-state index in [4.69, 9.17) is 9.68 Å². The van der Waals surface area contributed by atoms with Crippen molar-refractivity contribution in [2.45, 2.75) is 10.2 Å². The first-order chi connectivity index (χ1) is 10.3. The standard InChI is InChI=1S/C14H7FN4OS/c15-10-3-1-9(2-4-10)12-8-19-14(20-12)21-13-11(7-16)17-5-6-18-13/h1-6,8H. The molecular formula is C14H7FN4OS. The molecule has 0 unspecified atom stereocenters. The summed E-state index contributed by atoms with van der Waals surface area (Å²) >= 11 is 1.11. The highest BCUT2D eigenvalue weighted by molar-refractivity contribution is 7.99. The Bertz CT molecular complexity index is 810. The van der Waals surface area contributed by atoms with E-state index >= 15 is 0 Å². The Labute approximate surface area is 123 Å². The smallest absolute Gasteiger partial charge is 0.262 e. The van der Waals surface area contributed by atoms with Gasteiger partial charge in [0, 0.05) is 18.0 Å². The first-order valence-corrected chi connectivity index (χ1v) is 6.68. The molecule has 0 aliphatic carbocycles. The second-order valence-electron chi connectivity index (χ2n) is 3.92. The van der Waals surface area contributed by atoms with E-state index in [1.807, 2.05) is 6.07 Å². The van der Waals surface area contributed by atoms with Crippen molar-refractivity contribution in [2.75, 3.05) is 0 Å². The first-order valence-electron chi connectivity index (χ1n) is 5.87. The molecule has 0 atom stereocenters. The fraction of sp³-hybridized carbons (Fsp3) is 0. The van der Waals surface area contributed by atoms with Crippen LogP contribution in [-0.2, 0) is 0 Å². The monoisotopic (exact) mass is 298 g/mol. The lowest BCUT2D eigenvalue weighted by atomic mass is 10.2. The molecule has 2 aromatic heterocycles. The molecule has 3 aromatic rings. The number of hydrogen-bond acceptors (Lipinski definition) is 6. The third kappa shape index (κ3) is 2.90. The van der Waals surface area contributed by atoms with Gasteiger partial charge in [0.25, 0.3) is 5.22 Å². The molecular weight excluding hydrogens is 291 g/mol. The summed E-state index contributed by atoms with van der Waals surface area (Å²) in [7, 11) is 0. The molecule has 0 spiro atoms. The van der Waals surface area contributed by atoms with Crippen LogP contribution < -0.4 is 0 Å². The van der Waals surface area contributed by atoms with Crippen molar-refractivity contribution >= 4 is 11.8 Å². The zero-order valence-electron chi connectivity index (χ0n) is 10.5. The number of nitriles is 1. The number of rotatable bonds is 3. The van der Waals surface area contributed by atoms with E-state index in [0.29, 0.717) is 16.0 Å². The summed E-state index contributed by atoms with van der Waals surface area (Å²) in [6.07, 6.45) is 4.48. The SMILES string of the molecule is N#Cc1nccnc1Sc1ncc(-c2ccc(F)cc2)o1. The minimum atomic E-state index is -0.314. The van der Waals surface area contributed by atoms with Gasteiger partial charge in [0.1, 0.15) is 16.9 Å². The van der Waals surface area contributed by atoms with Gasteiger partial charge < -0.3 is 4.42 Å². The number of halogens is 1. The minimum Gasteiger partial charge on any atom is -0.431 e. The number of nitrogens with zero attached hydrogens (tertiary/aromatic N) is 4. The van der Waals surface area contributed by atoms with Gasteiger partial charge in [-0.1, -0.05) is 0 Å². The molecule has 0 fully saturated rings. The van der Waals surface area contributed by atoms with Crippen LogP contribution >= 0.6 is 11.8 Å². The predicted molar refractivity (Wildman–Crippen MR) is 72.8 cm³/mol. The van der Waals surface area contributed by atoms with Crippen molar-refractivity contribution in [1.82, 2.24) is 15.0 Å². The van der Waals surface area contributed by atoms with Gasteiger partial charge in [-0.25, -0.2) is 19.3 Å². The summed E-state index contributed by atoms with van der Waals surface area (Å²) < 4.78 is 18.4. The fourth-order valence-corrected chi connectivity index (χ4v) is 2.32. The molecule has 0 amide bonds. The minimum absolute atomic E-state index is 0.212. The predicted octanol–water partition coefficient (Wildman–Crippen LogP) is 3.29. The number of aromatic nitrogens is 3. The van der Waals surface area contributed by atoms with Gasteiger partial charge in [-0.2, -0.15) is 5.26 Å². The number of benzene rings is 1. The topological polar surface area (TPSA) is 75.6 Å². The van der Waals surface area contributed by atoms with E-state index in [1.54, 1.807) is 12.1 Å². The van der Waals surface area contributed by atoms with Crippen LogP contribution in [0.25, 0.3) is 11.3 Å². The van der Waals surface area contributed by atoms with Crippen molar-refractivity contribution in [2.24, 2.45) is 0 Å². The number of hydrogen-bond donors (Lipinski definition) is 0. The lowest BCUT2D eigenvalue weighted by Gasteiger charge is -1.97. The summed E-state index contributed by atoms with van der Waals surface area (Å²) in [5.41, 5.74) is 0.930. The van der Waals surface area contributed by atoms with Gasteiger partial charge in [-0.3, -0.25) is 0 Å². The average Bonchev–Trinajstić information content (AvgIpc) is 2.97. The molecule has 5 nitrogen and oxygen atoms in total. The summed E-state index contributed by atoms with van der Waals surface area (Å²) in [4.78, 5) is 12.1. The average molecular weight is 298 g/mol. The largest absolute Gasteiger partial charge is 0.431 e. The van der Waals surface area contributed by atoms with Gasteiger partial charge in [-0.05, 0) is 36.0 Å². The van der Waals surface area contributed by atoms with E-state index in [0.717, 1.165) is 17.3 Å². The molecule has 1 aromatic carbocycles. The van der Waals surface area contributed by atoms with Crippen LogP contribution in [0.15, 0.2) is 57.5 Å². The number of oxazole rings is 1. The van der Waals surface area contributed by atoms with Crippen molar-refractivity contribution in [3.05, 3.63) is 54.4 Å². The van der Waals surface area contributed by atoms with Crippen LogP contribution in [0.2, 0.25) is 0 Å². The Balaban J connectivity index is 1.86. The Kier molecular flexibility index (Phi) is 3.62. The Hall–Kier alpha value is -2.72. The van der Waals surface area contributed by atoms with Crippen molar-refractivity contribution in [3.63, 3.8) is 0 Å². The highest BCUT2D eigenvalue weighted by atomic mass is 32.2. The van der Waals surface area contributed by atoms with Crippen LogP contribution in [0.4, 0.5) is 4.39 Å². The molecule has 3 rings (SSSR count). The van der Waals surface area contributed by atoms with E-state index in [-0.39, 0.29) is 11.5 Å². The molecule has 0 saturated carbocycles. The Morgan fingerprint density at radius 2 is 1.86 bits per heavy atom. The second kappa shape index (κ2) is 5.73. The van der Waals surface area contributed by atoms with Crippen molar-refractivity contribution in [1.29, 1.82) is 5.26 Å². The highest BCUT2D eigenvalue weighted by Crippen LogP contribution is 2.30. The van der Waals surface area contributed by atoms with Crippen molar-refractivity contribution in [3.8, 4) is 17.4 Å². The molecule has 102 valence electrons. The molecule has 0 bridgehead atoms. The van der Waals surface area contributed by atoms with Crippen molar-refractivity contribution < 1.29 is 8.81 Å². The van der Waals surface area contributed by atoms with Gasteiger partial charge in [0.05, 0.1) is 6.20 Å². The maximum Gasteiger partial charge on any atom is 0.262 e. The highest BCUT2D eigenvalue weighted by Gasteiger charge is 2.12. The van der Waals surface area contributed by atoms with Crippen LogP contribution in [0.5, 0.6) is 0 Å². The molecule has 0 saturated heterocycles. The molecule has 0 aliphatic heterocycles. The summed E-state index contributed by atoms with van der Waals surface area (Å²) in [6, 6.07) is 7.86. The summed E-state index contributed by atoms with van der Waals surface area (Å²) in [6.45, 7) is 0. The molecule has 0 radical (unpaired) electrons. The molecule has 0 N–H and O–H groups in total. The van der Waals surface area contributed by atoms with E-state index in [2.05, 4.69) is 15.0 Å². The van der Waals surface area contributed by atoms with Crippen LogP contribution in [0, 0.1) is 17.1 Å². The van der Waals surface area contributed by atoms with E-state index in [1.165, 1.54) is 30.7 Å². The van der Waals surface area contributed by atoms with E-state index < -0.39 is 0 Å². The van der Waals surface area contributed by atoms with Gasteiger partial charge in [-0.15, -0.1) is 0 Å². The fourth-order valence-electron chi connectivity index (χ4n) is 1.61. The van der Waals surface area contributed by atoms with E-state index in [9.17, 15) is 4.39 Å². The van der Waals surface area contributed by atoms with Gasteiger partial charge in [0.2, 0.25) is 0 Å². The second-order valence-corrected chi connectivity index (χ2v) is 4.86. The zero-order chi connectivity index (χ0) is 14.7. The van der Waals surface area contributed by atoms with Gasteiger partial charge in [0.15, 0.2) is 11.5 Å². The van der Waals surface area contributed by atoms with Gasteiger partial charge >= 0.3 is 0 Å². The zero-order valence-corrected chi connectivity index (χ0v) is 11.3. The third-order valence-corrected chi connectivity index (χ3v) is 3.42. The molecule has 2 heterocycles. The lowest BCUT2D eigenvalue weighted by Crippen LogP contribution is -1.89. The third-order valence-electron chi connectivity index (χ3n) is 2.57. The molecule has 7 heteroatoms. The normalized spacial score (nSPS) is 10.3. The Morgan fingerprint density at radius 3 is 2.62 bits per heavy atom. The summed E-state index contributed by atoms with van der Waals surface area (Å²) in [5.74, 6) is 0.200. The maximum absolute atomic E-state index is 12.9. The summed E-state index contributed by atoms with van der Waals surface area (Å²) in [5, 5.41) is 9.72. The molecule has 0 aliphatic rings. The van der Waals surface area contributed by atoms with Crippen LogP contribution in [0.3, 0.4) is 0 Å². The molecule has 21 heavy (non-hydrogen) atoms. The maximum atomic E-state index is 12.9. The van der Waals surface area contributed by atoms with Crippen LogP contribution in [-0.4, -0.2) is 15.0 Å². The van der Waals surface area contributed by atoms with Crippen LogP contribution in [0.1, 0.15) is 5.69 Å². The quantitative estimate of drug-likeness (QED) is 0.738. The lowest BCUT2D eigenvalue weighted by molar-refractivity contribution is 0.465. The first kappa shape index (κ1) is 13.3.